The Morgan fingerprint density at radius 2 is 1.84 bits per heavy atom. The van der Waals surface area contributed by atoms with Crippen molar-refractivity contribution in [1.82, 2.24) is 20.9 Å². The molecule has 1 aliphatic carbocycles. The molecule has 7 nitrogen and oxygen atoms in total. The van der Waals surface area contributed by atoms with Crippen molar-refractivity contribution >= 4 is 41.8 Å². The number of benzene rings is 1. The maximum Gasteiger partial charge on any atom is 0.251 e. The highest BCUT2D eigenvalue weighted by Gasteiger charge is 2.32. The van der Waals surface area contributed by atoms with Crippen LogP contribution in [-0.2, 0) is 11.3 Å². The van der Waals surface area contributed by atoms with Gasteiger partial charge in [0.25, 0.3) is 5.91 Å². The second kappa shape index (κ2) is 12.9. The van der Waals surface area contributed by atoms with Gasteiger partial charge in [-0.1, -0.05) is 25.0 Å². The van der Waals surface area contributed by atoms with Crippen LogP contribution in [0.1, 0.15) is 61.9 Å². The van der Waals surface area contributed by atoms with Crippen molar-refractivity contribution < 1.29 is 9.59 Å². The predicted octanol–water partition coefficient (Wildman–Crippen LogP) is 2.90. The first-order valence-corrected chi connectivity index (χ1v) is 11.3. The van der Waals surface area contributed by atoms with Gasteiger partial charge in [0.1, 0.15) is 0 Å². The molecule has 3 rings (SSSR count). The van der Waals surface area contributed by atoms with Crippen molar-refractivity contribution in [2.75, 3.05) is 26.2 Å². The van der Waals surface area contributed by atoms with Crippen LogP contribution in [0.25, 0.3) is 0 Å². The lowest BCUT2D eigenvalue weighted by molar-refractivity contribution is -0.134. The van der Waals surface area contributed by atoms with Crippen LogP contribution in [0.15, 0.2) is 29.3 Å². The number of likely N-dealkylation sites (tertiary alicyclic amines) is 1. The molecule has 0 aromatic heterocycles. The van der Waals surface area contributed by atoms with Crippen LogP contribution in [0.3, 0.4) is 0 Å². The Hall–Kier alpha value is -1.84. The lowest BCUT2D eigenvalue weighted by Gasteiger charge is -2.21. The van der Waals surface area contributed by atoms with Gasteiger partial charge in [0.15, 0.2) is 5.96 Å². The van der Waals surface area contributed by atoms with Crippen molar-refractivity contribution in [2.24, 2.45) is 10.9 Å². The van der Waals surface area contributed by atoms with Crippen molar-refractivity contribution in [1.29, 1.82) is 0 Å². The molecule has 1 aromatic rings. The molecule has 1 aromatic carbocycles. The fourth-order valence-electron chi connectivity index (χ4n) is 4.27. The smallest absolute Gasteiger partial charge is 0.251 e. The summed E-state index contributed by atoms with van der Waals surface area (Å²) in [5, 5.41) is 9.60. The van der Waals surface area contributed by atoms with E-state index in [1.54, 1.807) is 0 Å². The predicted molar refractivity (Wildman–Crippen MR) is 135 cm³/mol. The molecule has 0 spiro atoms. The lowest BCUT2D eigenvalue weighted by atomic mass is 10.1. The van der Waals surface area contributed by atoms with Crippen molar-refractivity contribution in [3.63, 3.8) is 0 Å². The zero-order chi connectivity index (χ0) is 21.3. The molecule has 1 aliphatic heterocycles. The molecular weight excluding hydrogens is 505 g/mol. The van der Waals surface area contributed by atoms with Crippen LogP contribution in [0.2, 0.25) is 0 Å². The average molecular weight is 541 g/mol. The number of nitrogens with one attached hydrogen (secondary N) is 3. The maximum atomic E-state index is 12.7. The minimum absolute atomic E-state index is 0. The van der Waals surface area contributed by atoms with E-state index in [4.69, 9.17) is 4.99 Å². The van der Waals surface area contributed by atoms with E-state index in [0.29, 0.717) is 24.6 Å². The Labute approximate surface area is 202 Å². The van der Waals surface area contributed by atoms with Crippen LogP contribution in [-0.4, -0.2) is 54.9 Å². The first-order chi connectivity index (χ1) is 14.6. The van der Waals surface area contributed by atoms with Gasteiger partial charge in [0, 0.05) is 43.7 Å². The van der Waals surface area contributed by atoms with Gasteiger partial charge in [-0.25, -0.2) is 4.99 Å². The summed E-state index contributed by atoms with van der Waals surface area (Å²) in [6.07, 6.45) is 5.41. The van der Waals surface area contributed by atoms with Gasteiger partial charge >= 0.3 is 0 Å². The van der Waals surface area contributed by atoms with Crippen LogP contribution < -0.4 is 16.0 Å². The number of carbonyl (C=O) groups is 2. The summed E-state index contributed by atoms with van der Waals surface area (Å²) in [6, 6.07) is 7.79. The Balaban J connectivity index is 0.00000341. The number of aliphatic imine (C=N–C) groups is 1. The third-order valence-corrected chi connectivity index (χ3v) is 5.84. The van der Waals surface area contributed by atoms with E-state index in [1.165, 1.54) is 12.8 Å². The Kier molecular flexibility index (Phi) is 10.6. The van der Waals surface area contributed by atoms with E-state index in [9.17, 15) is 9.59 Å². The second-order valence-corrected chi connectivity index (χ2v) is 8.15. The maximum absolute atomic E-state index is 12.7. The van der Waals surface area contributed by atoms with Gasteiger partial charge in [0.2, 0.25) is 5.91 Å². The number of rotatable bonds is 7. The molecule has 172 valence electrons. The zero-order valence-electron chi connectivity index (χ0n) is 18.7. The molecule has 1 heterocycles. The van der Waals surface area contributed by atoms with Gasteiger partial charge in [0.05, 0.1) is 6.54 Å². The highest BCUT2D eigenvalue weighted by Crippen LogP contribution is 2.27. The van der Waals surface area contributed by atoms with E-state index < -0.39 is 0 Å². The van der Waals surface area contributed by atoms with E-state index in [2.05, 4.69) is 16.0 Å². The van der Waals surface area contributed by atoms with Gasteiger partial charge < -0.3 is 20.9 Å². The van der Waals surface area contributed by atoms with Gasteiger partial charge in [-0.15, -0.1) is 24.0 Å². The number of halogens is 1. The minimum atomic E-state index is -0.0636. The number of hydrogen-bond donors (Lipinski definition) is 3. The summed E-state index contributed by atoms with van der Waals surface area (Å²) >= 11 is 0. The van der Waals surface area contributed by atoms with Crippen LogP contribution in [0.4, 0.5) is 0 Å². The Morgan fingerprint density at radius 3 is 2.55 bits per heavy atom. The summed E-state index contributed by atoms with van der Waals surface area (Å²) in [4.78, 5) is 31.4. The Morgan fingerprint density at radius 1 is 1.10 bits per heavy atom. The number of carbonyl (C=O) groups excluding carboxylic acids is 2. The number of guanidine groups is 1. The lowest BCUT2D eigenvalue weighted by Crippen LogP contribution is -2.45. The normalized spacial score (nSPS) is 19.1. The monoisotopic (exact) mass is 541 g/mol. The summed E-state index contributed by atoms with van der Waals surface area (Å²) in [5.41, 5.74) is 1.64. The highest BCUT2D eigenvalue weighted by molar-refractivity contribution is 14.0. The third-order valence-electron chi connectivity index (χ3n) is 5.84. The molecule has 1 saturated heterocycles. The number of hydrogen-bond acceptors (Lipinski definition) is 3. The van der Waals surface area contributed by atoms with Crippen molar-refractivity contribution in [3.8, 4) is 0 Å². The average Bonchev–Trinajstić information content (AvgIpc) is 3.44. The molecule has 2 fully saturated rings. The first-order valence-electron chi connectivity index (χ1n) is 11.3. The fraction of sp³-hybridized carbons (Fsp3) is 0.609. The molecule has 1 unspecified atom stereocenters. The zero-order valence-corrected chi connectivity index (χ0v) is 21.0. The van der Waals surface area contributed by atoms with Gasteiger partial charge in [-0.05, 0) is 50.8 Å². The van der Waals surface area contributed by atoms with Crippen LogP contribution in [0.5, 0.6) is 0 Å². The number of amides is 2. The molecule has 2 amide bonds. The molecule has 1 saturated carbocycles. The molecule has 8 heteroatoms. The fourth-order valence-corrected chi connectivity index (χ4v) is 4.27. The molecule has 0 bridgehead atoms. The van der Waals surface area contributed by atoms with Crippen LogP contribution >= 0.6 is 24.0 Å². The number of nitrogens with zero attached hydrogens (tertiary/aromatic N) is 2. The summed E-state index contributed by atoms with van der Waals surface area (Å²) in [7, 11) is 0. The Bertz CT molecular complexity index is 764. The molecule has 31 heavy (non-hydrogen) atoms. The van der Waals surface area contributed by atoms with Crippen LogP contribution in [0, 0.1) is 5.92 Å². The minimum Gasteiger partial charge on any atom is -0.357 e. The van der Waals surface area contributed by atoms with Gasteiger partial charge in [-0.3, -0.25) is 9.59 Å². The SMILES string of the molecule is CCNC(=O)c1cccc(CN=C(NCC)NC2CCN(C(=O)C3CCCC3)C2)c1.I. The third kappa shape index (κ3) is 7.36. The summed E-state index contributed by atoms with van der Waals surface area (Å²) in [6.45, 7) is 7.37. The van der Waals surface area contributed by atoms with Gasteiger partial charge in [-0.2, -0.15) is 0 Å². The molecule has 0 radical (unpaired) electrons. The van der Waals surface area contributed by atoms with Crippen molar-refractivity contribution in [2.45, 2.75) is 58.5 Å². The van der Waals surface area contributed by atoms with E-state index >= 15 is 0 Å². The quantitative estimate of drug-likeness (QED) is 0.282. The van der Waals surface area contributed by atoms with Crippen molar-refractivity contribution in [3.05, 3.63) is 35.4 Å². The molecule has 2 aliphatic rings. The standard InChI is InChI=1S/C23H35N5O2.HI/c1-3-24-21(29)19-11-7-8-17(14-19)15-26-23(25-4-2)27-20-12-13-28(16-20)22(30)18-9-5-6-10-18;/h7-8,11,14,18,20H,3-6,9-10,12-13,15-16H2,1-2H3,(H,24,29)(H2,25,26,27);1H. The second-order valence-electron chi connectivity index (χ2n) is 8.15. The largest absolute Gasteiger partial charge is 0.357 e. The molecule has 3 N–H and O–H groups in total. The van der Waals surface area contributed by atoms with E-state index in [0.717, 1.165) is 50.4 Å². The van der Waals surface area contributed by atoms with E-state index in [1.807, 2.05) is 43.0 Å². The highest BCUT2D eigenvalue weighted by atomic mass is 127. The first kappa shape index (κ1) is 25.4. The molecule has 1 atom stereocenters. The summed E-state index contributed by atoms with van der Waals surface area (Å²) in [5.74, 6) is 1.26. The van der Waals surface area contributed by atoms with E-state index in [-0.39, 0.29) is 41.8 Å². The molecular formula is C23H36IN5O2. The summed E-state index contributed by atoms with van der Waals surface area (Å²) < 4.78 is 0. The topological polar surface area (TPSA) is 85.8 Å².